The van der Waals surface area contributed by atoms with Gasteiger partial charge in [-0.05, 0) is 37.2 Å². The summed E-state index contributed by atoms with van der Waals surface area (Å²) in [6, 6.07) is -0.166. The first-order chi connectivity index (χ1) is 13.4. The summed E-state index contributed by atoms with van der Waals surface area (Å²) in [5, 5.41) is 6.66. The van der Waals surface area contributed by atoms with E-state index in [9.17, 15) is 14.4 Å². The molecule has 3 rings (SSSR count). The zero-order chi connectivity index (χ0) is 20.3. The molecule has 1 aromatic heterocycles. The van der Waals surface area contributed by atoms with Crippen molar-refractivity contribution in [2.45, 2.75) is 58.4 Å². The third-order valence-electron chi connectivity index (χ3n) is 5.74. The Labute approximate surface area is 166 Å². The minimum atomic E-state index is -0.780. The molecule has 0 unspecified atom stereocenters. The van der Waals surface area contributed by atoms with Crippen molar-refractivity contribution < 1.29 is 14.4 Å². The molecule has 8 heteroatoms. The van der Waals surface area contributed by atoms with Crippen molar-refractivity contribution in [2.75, 3.05) is 26.2 Å². The molecule has 0 aliphatic carbocycles. The van der Waals surface area contributed by atoms with Gasteiger partial charge < -0.3 is 9.80 Å². The molecule has 2 aliphatic rings. The highest BCUT2D eigenvalue weighted by atomic mass is 16.2. The van der Waals surface area contributed by atoms with Crippen LogP contribution < -0.4 is 0 Å². The Kier molecular flexibility index (Phi) is 6.05. The molecule has 1 aromatic rings. The number of aromatic nitrogens is 2. The van der Waals surface area contributed by atoms with Crippen molar-refractivity contribution in [1.82, 2.24) is 24.9 Å². The van der Waals surface area contributed by atoms with Gasteiger partial charge in [0.05, 0.1) is 6.20 Å². The van der Waals surface area contributed by atoms with Gasteiger partial charge in [0.25, 0.3) is 5.91 Å². The highest BCUT2D eigenvalue weighted by molar-refractivity contribution is 6.07. The molecule has 154 valence electrons. The molecule has 8 nitrogen and oxygen atoms in total. The van der Waals surface area contributed by atoms with Crippen LogP contribution in [0, 0.1) is 5.92 Å². The number of rotatable bonds is 7. The number of nitrogens with zero attached hydrogens (tertiary/aromatic N) is 4. The lowest BCUT2D eigenvalue weighted by molar-refractivity contribution is -0.141. The van der Waals surface area contributed by atoms with Crippen LogP contribution in [0.3, 0.4) is 0 Å². The summed E-state index contributed by atoms with van der Waals surface area (Å²) in [6.45, 7) is 8.14. The molecule has 0 aromatic carbocycles. The second-order valence-electron chi connectivity index (χ2n) is 8.26. The Balaban J connectivity index is 1.67. The van der Waals surface area contributed by atoms with E-state index in [0.29, 0.717) is 51.9 Å². The highest BCUT2D eigenvalue weighted by Crippen LogP contribution is 2.38. The summed E-state index contributed by atoms with van der Waals surface area (Å²) in [4.78, 5) is 43.7. The summed E-state index contributed by atoms with van der Waals surface area (Å²) in [5.41, 5.74) is 0.231. The van der Waals surface area contributed by atoms with Crippen LogP contribution in [0.2, 0.25) is 0 Å². The topological polar surface area (TPSA) is 89.6 Å². The number of nitrogens with one attached hydrogen (secondary N) is 1. The Hall–Kier alpha value is -2.38. The van der Waals surface area contributed by atoms with Crippen LogP contribution in [0.25, 0.3) is 0 Å². The number of carbonyl (C=O) groups is 3. The van der Waals surface area contributed by atoms with Crippen LogP contribution in [-0.4, -0.2) is 74.5 Å². The largest absolute Gasteiger partial charge is 0.342 e. The number of hydrogen-bond donors (Lipinski definition) is 1. The fourth-order valence-corrected chi connectivity index (χ4v) is 4.25. The minimum absolute atomic E-state index is 0.0782. The van der Waals surface area contributed by atoms with E-state index in [1.54, 1.807) is 17.3 Å². The quantitative estimate of drug-likeness (QED) is 0.723. The number of imide groups is 1. The number of urea groups is 1. The molecule has 2 saturated heterocycles. The Morgan fingerprint density at radius 2 is 2.00 bits per heavy atom. The first kappa shape index (κ1) is 20.4. The fourth-order valence-electron chi connectivity index (χ4n) is 4.25. The predicted octanol–water partition coefficient (Wildman–Crippen LogP) is 2.03. The molecule has 3 heterocycles. The Morgan fingerprint density at radius 3 is 2.57 bits per heavy atom. The number of carbonyl (C=O) groups excluding carboxylic acids is 3. The molecular weight excluding hydrogens is 358 g/mol. The highest BCUT2D eigenvalue weighted by Gasteiger charge is 2.57. The van der Waals surface area contributed by atoms with E-state index in [1.807, 2.05) is 11.8 Å². The van der Waals surface area contributed by atoms with Crippen molar-refractivity contribution >= 4 is 17.8 Å². The van der Waals surface area contributed by atoms with E-state index in [-0.39, 0.29) is 23.8 Å². The Bertz CT molecular complexity index is 707. The molecular formula is C20H31N5O3. The summed E-state index contributed by atoms with van der Waals surface area (Å²) in [7, 11) is 0. The molecule has 2 aliphatic heterocycles. The Morgan fingerprint density at radius 1 is 1.29 bits per heavy atom. The number of likely N-dealkylation sites (tertiary alicyclic amines) is 1. The first-order valence-corrected chi connectivity index (χ1v) is 10.3. The monoisotopic (exact) mass is 389 g/mol. The fraction of sp³-hybridized carbons (Fsp3) is 0.700. The van der Waals surface area contributed by atoms with Crippen molar-refractivity contribution in [3.63, 3.8) is 0 Å². The van der Waals surface area contributed by atoms with Crippen molar-refractivity contribution in [2.24, 2.45) is 5.92 Å². The van der Waals surface area contributed by atoms with Gasteiger partial charge in [0, 0.05) is 38.8 Å². The number of aromatic amines is 1. The summed E-state index contributed by atoms with van der Waals surface area (Å²) >= 11 is 0. The SMILES string of the molecule is CCCN1C(=O)N(CC(C)C)C2(CCN(C(=O)CCc3cn[nH]c3)CC2)C1=O. The molecule has 1 N–H and O–H groups in total. The molecule has 1 spiro atoms. The van der Waals surface area contributed by atoms with Crippen molar-refractivity contribution in [1.29, 1.82) is 0 Å². The van der Waals surface area contributed by atoms with Crippen LogP contribution in [0.4, 0.5) is 4.79 Å². The number of H-pyrrole nitrogens is 1. The van der Waals surface area contributed by atoms with Gasteiger partial charge in [-0.25, -0.2) is 4.79 Å². The molecule has 0 radical (unpaired) electrons. The van der Waals surface area contributed by atoms with Crippen LogP contribution in [0.5, 0.6) is 0 Å². The van der Waals surface area contributed by atoms with E-state index in [0.717, 1.165) is 12.0 Å². The summed E-state index contributed by atoms with van der Waals surface area (Å²) < 4.78 is 0. The van der Waals surface area contributed by atoms with Gasteiger partial charge in [0.15, 0.2) is 0 Å². The van der Waals surface area contributed by atoms with Crippen LogP contribution in [0.15, 0.2) is 12.4 Å². The van der Waals surface area contributed by atoms with Gasteiger partial charge >= 0.3 is 6.03 Å². The standard InChI is InChI=1S/C20H31N5O3/c1-4-9-24-18(27)20(25(19(24)28)14-15(2)3)7-10-23(11-8-20)17(26)6-5-16-12-21-22-13-16/h12-13,15H,4-11,14H2,1-3H3,(H,21,22). The third kappa shape index (κ3) is 3.77. The second kappa shape index (κ2) is 8.32. The average molecular weight is 390 g/mol. The smallest absolute Gasteiger partial charge is 0.327 e. The van der Waals surface area contributed by atoms with Gasteiger partial charge in [-0.1, -0.05) is 20.8 Å². The third-order valence-corrected chi connectivity index (χ3v) is 5.74. The molecule has 2 fully saturated rings. The van der Waals surface area contributed by atoms with Crippen LogP contribution in [0.1, 0.15) is 52.0 Å². The lowest BCUT2D eigenvalue weighted by Crippen LogP contribution is -2.58. The predicted molar refractivity (Wildman–Crippen MR) is 104 cm³/mol. The van der Waals surface area contributed by atoms with E-state index >= 15 is 0 Å². The molecule has 0 atom stereocenters. The van der Waals surface area contributed by atoms with Crippen LogP contribution >= 0.6 is 0 Å². The number of hydrogen-bond acceptors (Lipinski definition) is 4. The molecule has 0 bridgehead atoms. The maximum absolute atomic E-state index is 13.2. The summed E-state index contributed by atoms with van der Waals surface area (Å²) in [5.74, 6) is 0.295. The first-order valence-electron chi connectivity index (χ1n) is 10.3. The van der Waals surface area contributed by atoms with Crippen molar-refractivity contribution in [3.05, 3.63) is 18.0 Å². The number of amides is 4. The molecule has 0 saturated carbocycles. The lowest BCUT2D eigenvalue weighted by atomic mass is 9.85. The van der Waals surface area contributed by atoms with Gasteiger partial charge in [-0.3, -0.25) is 19.6 Å². The zero-order valence-electron chi connectivity index (χ0n) is 17.1. The number of piperidine rings is 1. The maximum Gasteiger partial charge on any atom is 0.327 e. The second-order valence-corrected chi connectivity index (χ2v) is 8.26. The number of aryl methyl sites for hydroxylation is 1. The minimum Gasteiger partial charge on any atom is -0.342 e. The maximum atomic E-state index is 13.2. The van der Waals surface area contributed by atoms with Gasteiger partial charge in [0.1, 0.15) is 5.54 Å². The van der Waals surface area contributed by atoms with Crippen LogP contribution in [-0.2, 0) is 16.0 Å². The van der Waals surface area contributed by atoms with Crippen molar-refractivity contribution in [3.8, 4) is 0 Å². The van der Waals surface area contributed by atoms with E-state index in [4.69, 9.17) is 0 Å². The van der Waals surface area contributed by atoms with Gasteiger partial charge in [-0.15, -0.1) is 0 Å². The van der Waals surface area contributed by atoms with Gasteiger partial charge in [0.2, 0.25) is 5.91 Å². The summed E-state index contributed by atoms with van der Waals surface area (Å²) in [6.07, 6.45) is 6.39. The van der Waals surface area contributed by atoms with E-state index in [1.165, 1.54) is 4.90 Å². The van der Waals surface area contributed by atoms with E-state index < -0.39 is 5.54 Å². The average Bonchev–Trinajstić information content (AvgIpc) is 3.26. The lowest BCUT2D eigenvalue weighted by Gasteiger charge is -2.42. The normalized spacial score (nSPS) is 19.4. The molecule has 4 amide bonds. The van der Waals surface area contributed by atoms with Gasteiger partial charge in [-0.2, -0.15) is 5.10 Å². The molecule has 28 heavy (non-hydrogen) atoms. The van der Waals surface area contributed by atoms with E-state index in [2.05, 4.69) is 24.0 Å². The zero-order valence-corrected chi connectivity index (χ0v) is 17.1.